The molecule has 0 spiro atoms. The lowest BCUT2D eigenvalue weighted by Gasteiger charge is -2.14. The molecule has 0 aromatic carbocycles. The Morgan fingerprint density at radius 2 is 0.969 bits per heavy atom. The van der Waals surface area contributed by atoms with Crippen LogP contribution in [0, 0.1) is 0 Å². The van der Waals surface area contributed by atoms with Crippen molar-refractivity contribution in [1.29, 1.82) is 0 Å². The maximum atomic E-state index is 3.60. The topological polar surface area (TPSA) is 19.7 Å². The van der Waals surface area contributed by atoms with Crippen LogP contribution in [-0.4, -0.2) is 4.98 Å². The van der Waals surface area contributed by atoms with Gasteiger partial charge in [0.25, 0.3) is 5.82 Å². The highest BCUT2D eigenvalue weighted by molar-refractivity contribution is 4.90. The van der Waals surface area contributed by atoms with Crippen molar-refractivity contribution in [3.63, 3.8) is 0 Å². The molecule has 1 rings (SSSR count). The zero-order valence-electron chi connectivity index (χ0n) is 22.4. The van der Waals surface area contributed by atoms with Crippen molar-refractivity contribution in [3.8, 4) is 0 Å². The second kappa shape index (κ2) is 22.0. The molecule has 0 saturated carbocycles. The maximum absolute atomic E-state index is 3.60. The minimum atomic E-state index is 0.732. The Morgan fingerprint density at radius 3 is 1.41 bits per heavy atom. The number of nitrogens with one attached hydrogen (secondary N) is 1. The molecule has 1 aromatic rings. The molecular formula is C30H59N2+. The molecule has 1 N–H and O–H groups in total. The summed E-state index contributed by atoms with van der Waals surface area (Å²) in [5.41, 5.74) is 0. The lowest BCUT2D eigenvalue weighted by Crippen LogP contribution is -2.37. The van der Waals surface area contributed by atoms with E-state index in [4.69, 9.17) is 0 Å². The molecule has 2 heteroatoms. The molecule has 2 nitrogen and oxygen atoms in total. The smallest absolute Gasteiger partial charge is 0.247 e. The summed E-state index contributed by atoms with van der Waals surface area (Å²) in [6.07, 6.45) is 35.6. The van der Waals surface area contributed by atoms with Crippen molar-refractivity contribution in [2.24, 2.45) is 0 Å². The van der Waals surface area contributed by atoms with Crippen LogP contribution < -0.4 is 4.57 Å². The Kier molecular flexibility index (Phi) is 20.1. The summed E-state index contributed by atoms with van der Waals surface area (Å²) in [5, 5.41) is 0. The summed E-state index contributed by atoms with van der Waals surface area (Å²) in [5.74, 6) is 2.23. The highest BCUT2D eigenvalue weighted by Gasteiger charge is 2.22. The summed E-state index contributed by atoms with van der Waals surface area (Å²) in [4.78, 5) is 3.60. The summed E-state index contributed by atoms with van der Waals surface area (Å²) in [6, 6.07) is 0. The van der Waals surface area contributed by atoms with E-state index in [9.17, 15) is 0 Å². The van der Waals surface area contributed by atoms with Crippen LogP contribution in [0.25, 0.3) is 0 Å². The Morgan fingerprint density at radius 1 is 0.562 bits per heavy atom. The van der Waals surface area contributed by atoms with Crippen LogP contribution >= 0.6 is 0 Å². The van der Waals surface area contributed by atoms with Crippen LogP contribution in [0.2, 0.25) is 0 Å². The second-order valence-electron chi connectivity index (χ2n) is 10.3. The molecule has 1 aromatic heterocycles. The van der Waals surface area contributed by atoms with Gasteiger partial charge in [-0.15, -0.1) is 0 Å². The van der Waals surface area contributed by atoms with E-state index in [-0.39, 0.29) is 0 Å². The first-order valence-electron chi connectivity index (χ1n) is 14.9. The van der Waals surface area contributed by atoms with Crippen molar-refractivity contribution >= 4 is 0 Å². The third-order valence-corrected chi connectivity index (χ3v) is 7.21. The number of hydrogen-bond acceptors (Lipinski definition) is 0. The number of aryl methyl sites for hydroxylation is 1. The predicted octanol–water partition coefficient (Wildman–Crippen LogP) is 10.0. The standard InChI is InChI=1S/C30H58N2/c1-4-7-9-11-12-13-14-15-16-17-18-19-20-21-23-25-29(24-22-10-8-5-2)30-31-26-28-32(30)27-6-3/h26,28-29H,4-25,27H2,1-3H3/p+1/t29-/m0/s1. The highest BCUT2D eigenvalue weighted by Crippen LogP contribution is 2.26. The summed E-state index contributed by atoms with van der Waals surface area (Å²) in [7, 11) is 0. The number of imidazole rings is 1. The van der Waals surface area contributed by atoms with E-state index in [0.29, 0.717) is 0 Å². The number of rotatable bonds is 24. The third-order valence-electron chi connectivity index (χ3n) is 7.21. The predicted molar refractivity (Wildman–Crippen MR) is 142 cm³/mol. The summed E-state index contributed by atoms with van der Waals surface area (Å²) in [6.45, 7) is 8.06. The van der Waals surface area contributed by atoms with Crippen LogP contribution in [0.1, 0.15) is 174 Å². The zero-order chi connectivity index (χ0) is 23.1. The fourth-order valence-corrected chi connectivity index (χ4v) is 5.16. The quantitative estimate of drug-likeness (QED) is 0.120. The lowest BCUT2D eigenvalue weighted by molar-refractivity contribution is -0.704. The fraction of sp³-hybridized carbons (Fsp3) is 0.900. The van der Waals surface area contributed by atoms with E-state index in [2.05, 4.69) is 42.7 Å². The summed E-state index contributed by atoms with van der Waals surface area (Å²) >= 11 is 0. The highest BCUT2D eigenvalue weighted by atomic mass is 15.1. The molecule has 0 aliphatic heterocycles. The zero-order valence-corrected chi connectivity index (χ0v) is 22.4. The minimum absolute atomic E-state index is 0.732. The van der Waals surface area contributed by atoms with Gasteiger partial charge in [0.15, 0.2) is 0 Å². The fourth-order valence-electron chi connectivity index (χ4n) is 5.16. The third kappa shape index (κ3) is 15.1. The van der Waals surface area contributed by atoms with Crippen molar-refractivity contribution in [2.45, 2.75) is 174 Å². The van der Waals surface area contributed by atoms with Gasteiger partial charge >= 0.3 is 0 Å². The van der Waals surface area contributed by atoms with E-state index < -0.39 is 0 Å². The molecule has 1 atom stereocenters. The van der Waals surface area contributed by atoms with E-state index in [0.717, 1.165) is 12.5 Å². The van der Waals surface area contributed by atoms with Gasteiger partial charge in [-0.3, -0.25) is 0 Å². The largest absolute Gasteiger partial charge is 0.257 e. The Balaban J connectivity index is 2.08. The molecule has 1 heterocycles. The van der Waals surface area contributed by atoms with Gasteiger partial charge < -0.3 is 0 Å². The van der Waals surface area contributed by atoms with E-state index in [1.807, 2.05) is 0 Å². The summed E-state index contributed by atoms with van der Waals surface area (Å²) < 4.78 is 2.48. The number of aromatic amines is 1. The minimum Gasteiger partial charge on any atom is -0.247 e. The van der Waals surface area contributed by atoms with Gasteiger partial charge in [-0.05, 0) is 19.3 Å². The van der Waals surface area contributed by atoms with Gasteiger partial charge in [-0.2, -0.15) is 0 Å². The molecule has 32 heavy (non-hydrogen) atoms. The monoisotopic (exact) mass is 447 g/mol. The first-order valence-corrected chi connectivity index (χ1v) is 14.9. The molecule has 0 aliphatic carbocycles. The number of unbranched alkanes of at least 4 members (excludes halogenated alkanes) is 17. The van der Waals surface area contributed by atoms with E-state index >= 15 is 0 Å². The molecule has 0 saturated heterocycles. The van der Waals surface area contributed by atoms with Gasteiger partial charge in [0.05, 0.1) is 12.5 Å². The van der Waals surface area contributed by atoms with Crippen LogP contribution in [0.5, 0.6) is 0 Å². The molecule has 0 fully saturated rings. The molecule has 188 valence electrons. The normalized spacial score (nSPS) is 12.5. The molecule has 0 bridgehead atoms. The van der Waals surface area contributed by atoms with Crippen molar-refractivity contribution < 1.29 is 4.57 Å². The average molecular weight is 448 g/mol. The van der Waals surface area contributed by atoms with Gasteiger partial charge in [0.1, 0.15) is 12.4 Å². The number of hydrogen-bond donors (Lipinski definition) is 1. The maximum Gasteiger partial charge on any atom is 0.257 e. The molecule has 0 unspecified atom stereocenters. The first kappa shape index (κ1) is 29.2. The Bertz CT molecular complexity index is 493. The molecule has 0 aliphatic rings. The molecule has 0 amide bonds. The Labute approximate surface area is 202 Å². The average Bonchev–Trinajstić information content (AvgIpc) is 3.26. The van der Waals surface area contributed by atoms with Crippen LogP contribution in [-0.2, 0) is 6.54 Å². The first-order chi connectivity index (χ1) is 15.8. The van der Waals surface area contributed by atoms with Crippen molar-refractivity contribution in [1.82, 2.24) is 4.98 Å². The lowest BCUT2D eigenvalue weighted by atomic mass is 9.93. The van der Waals surface area contributed by atoms with Crippen molar-refractivity contribution in [3.05, 3.63) is 18.2 Å². The van der Waals surface area contributed by atoms with Crippen LogP contribution in [0.4, 0.5) is 0 Å². The number of H-pyrrole nitrogens is 1. The molecular weight excluding hydrogens is 388 g/mol. The second-order valence-corrected chi connectivity index (χ2v) is 10.3. The number of nitrogens with zero attached hydrogens (tertiary/aromatic N) is 1. The number of aromatic nitrogens is 2. The Hall–Kier alpha value is -0.790. The van der Waals surface area contributed by atoms with Crippen molar-refractivity contribution in [2.75, 3.05) is 0 Å². The SMILES string of the molecule is CCCCCCCCCCCCCCCCC[C@H](CCCCCC)c1[nH]cc[n+]1CCC. The van der Waals surface area contributed by atoms with Gasteiger partial charge in [0, 0.05) is 0 Å². The van der Waals surface area contributed by atoms with E-state index in [1.165, 1.54) is 147 Å². The van der Waals surface area contributed by atoms with Gasteiger partial charge in [0.2, 0.25) is 0 Å². The van der Waals surface area contributed by atoms with Crippen LogP contribution in [0.15, 0.2) is 12.4 Å². The van der Waals surface area contributed by atoms with Gasteiger partial charge in [-0.1, -0.05) is 143 Å². The van der Waals surface area contributed by atoms with Crippen LogP contribution in [0.3, 0.4) is 0 Å². The van der Waals surface area contributed by atoms with Gasteiger partial charge in [-0.25, -0.2) is 9.55 Å². The molecule has 0 radical (unpaired) electrons. The van der Waals surface area contributed by atoms with E-state index in [1.54, 1.807) is 0 Å².